The van der Waals surface area contributed by atoms with Crippen LogP contribution in [0.1, 0.15) is 35.1 Å². The molecule has 3 rings (SSSR count). The van der Waals surface area contributed by atoms with Crippen LogP contribution in [0.2, 0.25) is 5.02 Å². The van der Waals surface area contributed by atoms with Crippen LogP contribution in [0, 0.1) is 6.92 Å². The van der Waals surface area contributed by atoms with Crippen molar-refractivity contribution in [2.75, 3.05) is 44.7 Å². The third-order valence-corrected chi connectivity index (χ3v) is 6.78. The van der Waals surface area contributed by atoms with Crippen molar-refractivity contribution in [3.8, 4) is 5.75 Å². The third kappa shape index (κ3) is 7.94. The lowest BCUT2D eigenvalue weighted by Crippen LogP contribution is -2.55. The number of hydrazone groups is 1. The minimum Gasteiger partial charge on any atom is -0.504 e. The van der Waals surface area contributed by atoms with Crippen LogP contribution in [0.25, 0.3) is 0 Å². The first-order chi connectivity index (χ1) is 19.9. The number of anilines is 1. The molecule has 1 aliphatic heterocycles. The average Bonchev–Trinajstić information content (AvgIpc) is 2.95. The van der Waals surface area contributed by atoms with E-state index in [1.165, 1.54) is 22.4 Å². The molecule has 226 valence electrons. The number of hydrogen-bond donors (Lipinski definition) is 2. The van der Waals surface area contributed by atoms with Crippen LogP contribution in [0.3, 0.4) is 0 Å². The van der Waals surface area contributed by atoms with E-state index in [-0.39, 0.29) is 54.2 Å². The SMILES string of the molecule is C=NN(CN(CC(=O)Nc1ccc(C(F)(F)F)cc1Cl)/C(=C\C=O)CC)N1CCN(C(=O)c2ncnc(C)c2O)CC1. The van der Waals surface area contributed by atoms with Crippen molar-refractivity contribution in [1.29, 1.82) is 0 Å². The maximum atomic E-state index is 13.0. The highest BCUT2D eigenvalue weighted by molar-refractivity contribution is 6.33. The molecule has 42 heavy (non-hydrogen) atoms. The number of amides is 2. The van der Waals surface area contributed by atoms with Gasteiger partial charge in [0.2, 0.25) is 5.91 Å². The zero-order chi connectivity index (χ0) is 31.0. The van der Waals surface area contributed by atoms with Crippen molar-refractivity contribution in [3.63, 3.8) is 0 Å². The Morgan fingerprint density at radius 2 is 1.93 bits per heavy atom. The van der Waals surface area contributed by atoms with Gasteiger partial charge in [-0.15, -0.1) is 0 Å². The van der Waals surface area contributed by atoms with Gasteiger partial charge >= 0.3 is 6.18 Å². The molecule has 0 saturated carbocycles. The topological polar surface area (TPSA) is 135 Å². The number of benzene rings is 1. The van der Waals surface area contributed by atoms with Gasteiger partial charge in [-0.3, -0.25) is 14.4 Å². The summed E-state index contributed by atoms with van der Waals surface area (Å²) in [5.41, 5.74) is -0.264. The molecular weight excluding hydrogens is 581 g/mol. The van der Waals surface area contributed by atoms with Crippen LogP contribution in [-0.2, 0) is 15.8 Å². The van der Waals surface area contributed by atoms with E-state index in [0.29, 0.717) is 31.5 Å². The number of aromatic nitrogens is 2. The van der Waals surface area contributed by atoms with Crippen molar-refractivity contribution in [2.24, 2.45) is 5.10 Å². The first-order valence-electron chi connectivity index (χ1n) is 12.7. The van der Waals surface area contributed by atoms with E-state index < -0.39 is 23.6 Å². The van der Waals surface area contributed by atoms with E-state index in [2.05, 4.69) is 27.1 Å². The van der Waals surface area contributed by atoms with Gasteiger partial charge < -0.3 is 20.2 Å². The standard InChI is InChI=1S/C26H30ClF3N8O4/c1-4-19(7-12-39)36(14-22(40)34-21-6-5-18(13-20(21)27)26(28,29)30)16-38(31-3)37-10-8-35(9-11-37)25(42)23-24(41)17(2)32-15-33-23/h5-7,12-13,15,41H,3-4,8-11,14,16H2,1-2H3,(H,34,40)/b19-7-. The van der Waals surface area contributed by atoms with Gasteiger partial charge in [0.05, 0.1) is 28.5 Å². The highest BCUT2D eigenvalue weighted by Crippen LogP contribution is 2.33. The Kier molecular flexibility index (Phi) is 10.8. The van der Waals surface area contributed by atoms with E-state index in [1.54, 1.807) is 23.8 Å². The molecule has 1 aliphatic rings. The van der Waals surface area contributed by atoms with Crippen molar-refractivity contribution in [1.82, 2.24) is 29.9 Å². The molecule has 2 N–H and O–H groups in total. The number of aryl methyl sites for hydroxylation is 1. The normalized spacial score (nSPS) is 14.3. The number of aldehydes is 1. The largest absolute Gasteiger partial charge is 0.504 e. The molecule has 0 unspecified atom stereocenters. The molecule has 0 atom stereocenters. The van der Waals surface area contributed by atoms with Crippen molar-refractivity contribution >= 4 is 42.1 Å². The molecule has 0 bridgehead atoms. The zero-order valence-electron chi connectivity index (χ0n) is 22.9. The number of hydrogen-bond acceptors (Lipinski definition) is 10. The average molecular weight is 611 g/mol. The number of nitrogens with zero attached hydrogens (tertiary/aromatic N) is 7. The maximum Gasteiger partial charge on any atom is 0.416 e. The molecule has 0 radical (unpaired) electrons. The molecule has 1 fully saturated rings. The summed E-state index contributed by atoms with van der Waals surface area (Å²) in [4.78, 5) is 48.0. The molecule has 2 aromatic rings. The minimum atomic E-state index is -4.59. The Hall–Kier alpha value is -4.24. The van der Waals surface area contributed by atoms with Crippen LogP contribution in [0.4, 0.5) is 18.9 Å². The van der Waals surface area contributed by atoms with Crippen LogP contribution in [0.15, 0.2) is 41.4 Å². The van der Waals surface area contributed by atoms with Crippen molar-refractivity contribution < 1.29 is 32.7 Å². The molecule has 2 heterocycles. The summed E-state index contributed by atoms with van der Waals surface area (Å²) in [5.74, 6) is -1.32. The van der Waals surface area contributed by atoms with Crippen LogP contribution >= 0.6 is 11.6 Å². The Balaban J connectivity index is 1.69. The summed E-state index contributed by atoms with van der Waals surface area (Å²) in [6.45, 7) is 7.85. The fraction of sp³-hybridized carbons (Fsp3) is 0.385. The van der Waals surface area contributed by atoms with Crippen molar-refractivity contribution in [3.05, 3.63) is 58.3 Å². The summed E-state index contributed by atoms with van der Waals surface area (Å²) >= 11 is 5.98. The Morgan fingerprint density at radius 3 is 2.50 bits per heavy atom. The van der Waals surface area contributed by atoms with Gasteiger partial charge in [-0.2, -0.15) is 23.3 Å². The molecule has 2 amide bonds. The van der Waals surface area contributed by atoms with Gasteiger partial charge in [0, 0.05) is 38.6 Å². The van der Waals surface area contributed by atoms with Gasteiger partial charge in [0.15, 0.2) is 11.4 Å². The second kappa shape index (κ2) is 14.1. The zero-order valence-corrected chi connectivity index (χ0v) is 23.7. The van der Waals surface area contributed by atoms with Crippen LogP contribution in [-0.4, -0.2) is 99.2 Å². The number of carbonyl (C=O) groups is 3. The first kappa shape index (κ1) is 32.3. The van der Waals surface area contributed by atoms with Crippen molar-refractivity contribution in [2.45, 2.75) is 26.4 Å². The number of rotatable bonds is 11. The fourth-order valence-electron chi connectivity index (χ4n) is 4.20. The quantitative estimate of drug-likeness (QED) is 0.129. The number of piperazine rings is 1. The van der Waals surface area contributed by atoms with Crippen LogP contribution < -0.4 is 5.32 Å². The summed E-state index contributed by atoms with van der Waals surface area (Å²) in [7, 11) is 0. The second-order valence-electron chi connectivity index (χ2n) is 9.14. The molecule has 0 aliphatic carbocycles. The molecule has 0 spiro atoms. The van der Waals surface area contributed by atoms with Crippen LogP contribution in [0.5, 0.6) is 5.75 Å². The van der Waals surface area contributed by atoms with Gasteiger partial charge in [-0.05, 0) is 37.6 Å². The van der Waals surface area contributed by atoms with Gasteiger partial charge in [0.25, 0.3) is 5.91 Å². The van der Waals surface area contributed by atoms with E-state index in [0.717, 1.165) is 18.2 Å². The van der Waals surface area contributed by atoms with E-state index in [9.17, 15) is 32.7 Å². The summed E-state index contributed by atoms with van der Waals surface area (Å²) in [6.07, 6.45) is -1.13. The molecule has 16 heteroatoms. The van der Waals surface area contributed by atoms with E-state index in [4.69, 9.17) is 11.6 Å². The van der Waals surface area contributed by atoms with E-state index >= 15 is 0 Å². The smallest absolute Gasteiger partial charge is 0.416 e. The summed E-state index contributed by atoms with van der Waals surface area (Å²) in [5, 5.41) is 19.7. The number of halogens is 4. The molecule has 1 aromatic heterocycles. The first-order valence-corrected chi connectivity index (χ1v) is 13.1. The second-order valence-corrected chi connectivity index (χ2v) is 9.55. The predicted octanol–water partition coefficient (Wildman–Crippen LogP) is 3.14. The number of alkyl halides is 3. The fourth-order valence-corrected chi connectivity index (χ4v) is 4.43. The highest BCUT2D eigenvalue weighted by Gasteiger charge is 2.31. The van der Waals surface area contributed by atoms with Gasteiger partial charge in [-0.1, -0.05) is 18.5 Å². The minimum absolute atomic E-state index is 0.00330. The number of carbonyl (C=O) groups excluding carboxylic acids is 3. The maximum absolute atomic E-state index is 13.0. The van der Waals surface area contributed by atoms with Gasteiger partial charge in [0.1, 0.15) is 19.3 Å². The lowest BCUT2D eigenvalue weighted by atomic mass is 10.2. The Bertz CT molecular complexity index is 1350. The molecule has 1 saturated heterocycles. The summed E-state index contributed by atoms with van der Waals surface area (Å²) < 4.78 is 38.9. The lowest BCUT2D eigenvalue weighted by molar-refractivity contribution is -0.137. The Morgan fingerprint density at radius 1 is 1.24 bits per heavy atom. The predicted molar refractivity (Wildman–Crippen MR) is 148 cm³/mol. The van der Waals surface area contributed by atoms with E-state index in [1.807, 2.05) is 0 Å². The van der Waals surface area contributed by atoms with Gasteiger partial charge in [-0.25, -0.2) is 15.1 Å². The number of aromatic hydroxyl groups is 1. The summed E-state index contributed by atoms with van der Waals surface area (Å²) in [6, 6.07) is 2.60. The molecular formula is C26H30ClF3N8O4. The number of hydrazine groups is 1. The molecule has 1 aromatic carbocycles. The Labute approximate surface area is 245 Å². The highest BCUT2D eigenvalue weighted by atomic mass is 35.5. The number of allylic oxidation sites excluding steroid dienone is 2. The lowest BCUT2D eigenvalue weighted by Gasteiger charge is -2.41. The monoisotopic (exact) mass is 610 g/mol. The molecule has 12 nitrogen and oxygen atoms in total. The third-order valence-electron chi connectivity index (χ3n) is 6.47. The number of nitrogens with one attached hydrogen (secondary N) is 1.